The average Bonchev–Trinajstić information content (AvgIpc) is 2.79. The highest BCUT2D eigenvalue weighted by molar-refractivity contribution is 6.09. The second-order valence-corrected chi connectivity index (χ2v) is 7.99. The maximum Gasteiger partial charge on any atom is 0.265 e. The van der Waals surface area contributed by atoms with E-state index < -0.39 is 0 Å². The summed E-state index contributed by atoms with van der Waals surface area (Å²) in [5.74, 6) is -0.0528. The number of anilines is 1. The van der Waals surface area contributed by atoms with Crippen LogP contribution in [0.1, 0.15) is 40.4 Å². The summed E-state index contributed by atoms with van der Waals surface area (Å²) in [6.45, 7) is 5.52. The Balaban J connectivity index is 1.61. The average molecular weight is 441 g/mol. The number of hydrogen-bond donors (Lipinski definition) is 2. The SMILES string of the molecule is Cc1nc2ccccc2c(=O)n1-c1ccc(C(=O)Nc2ccccc2C(=O)NC(C)C)cc1. The molecule has 0 unspecified atom stereocenters. The molecule has 3 aromatic carbocycles. The van der Waals surface area contributed by atoms with Crippen LogP contribution in [0.5, 0.6) is 0 Å². The van der Waals surface area contributed by atoms with E-state index in [9.17, 15) is 14.4 Å². The zero-order valence-corrected chi connectivity index (χ0v) is 18.6. The molecule has 0 aliphatic heterocycles. The van der Waals surface area contributed by atoms with Crippen molar-refractivity contribution in [1.82, 2.24) is 14.9 Å². The standard InChI is InChI=1S/C26H24N4O3/c1-16(2)27-25(32)20-8-4-6-10-22(20)29-24(31)18-12-14-19(15-13-18)30-17(3)28-23-11-7-5-9-21(23)26(30)33/h4-16H,1-3H3,(H,27,32)(H,29,31). The van der Waals surface area contributed by atoms with Gasteiger partial charge >= 0.3 is 0 Å². The van der Waals surface area contributed by atoms with Gasteiger partial charge in [-0.05, 0) is 69.3 Å². The molecule has 0 aliphatic rings. The van der Waals surface area contributed by atoms with Crippen LogP contribution < -0.4 is 16.2 Å². The van der Waals surface area contributed by atoms with E-state index in [1.807, 2.05) is 19.9 Å². The largest absolute Gasteiger partial charge is 0.350 e. The van der Waals surface area contributed by atoms with Gasteiger partial charge in [-0.25, -0.2) is 4.98 Å². The number of aryl methyl sites for hydroxylation is 1. The molecule has 1 heterocycles. The minimum Gasteiger partial charge on any atom is -0.350 e. The minimum absolute atomic E-state index is 0.0229. The molecule has 0 radical (unpaired) electrons. The fraction of sp³-hybridized carbons (Fsp3) is 0.154. The molecule has 7 nitrogen and oxygen atoms in total. The van der Waals surface area contributed by atoms with E-state index in [4.69, 9.17) is 0 Å². The Morgan fingerprint density at radius 1 is 0.879 bits per heavy atom. The van der Waals surface area contributed by atoms with Crippen molar-refractivity contribution in [2.75, 3.05) is 5.32 Å². The first-order valence-corrected chi connectivity index (χ1v) is 10.6. The van der Waals surface area contributed by atoms with Crippen LogP contribution in [0.2, 0.25) is 0 Å². The van der Waals surface area contributed by atoms with Gasteiger partial charge in [0, 0.05) is 11.6 Å². The van der Waals surface area contributed by atoms with Crippen LogP contribution in [0.4, 0.5) is 5.69 Å². The smallest absolute Gasteiger partial charge is 0.265 e. The number of benzene rings is 3. The second-order valence-electron chi connectivity index (χ2n) is 7.99. The Morgan fingerprint density at radius 2 is 1.55 bits per heavy atom. The van der Waals surface area contributed by atoms with Gasteiger partial charge in [0.15, 0.2) is 0 Å². The lowest BCUT2D eigenvalue weighted by Gasteiger charge is -2.14. The van der Waals surface area contributed by atoms with Gasteiger partial charge in [0.1, 0.15) is 5.82 Å². The summed E-state index contributed by atoms with van der Waals surface area (Å²) in [5, 5.41) is 6.17. The molecule has 0 saturated heterocycles. The van der Waals surface area contributed by atoms with Gasteiger partial charge in [-0.3, -0.25) is 19.0 Å². The summed E-state index contributed by atoms with van der Waals surface area (Å²) in [4.78, 5) is 42.8. The van der Waals surface area contributed by atoms with Crippen LogP contribution in [0.15, 0.2) is 77.6 Å². The van der Waals surface area contributed by atoms with E-state index in [-0.39, 0.29) is 23.4 Å². The molecule has 1 aromatic heterocycles. The lowest BCUT2D eigenvalue weighted by Crippen LogP contribution is -2.31. The number of carbonyl (C=O) groups excluding carboxylic acids is 2. The highest BCUT2D eigenvalue weighted by Gasteiger charge is 2.15. The van der Waals surface area contributed by atoms with E-state index in [2.05, 4.69) is 15.6 Å². The number of para-hydroxylation sites is 2. The second kappa shape index (κ2) is 9.08. The Bertz CT molecular complexity index is 1410. The minimum atomic E-state index is -0.355. The van der Waals surface area contributed by atoms with Crippen molar-refractivity contribution in [3.05, 3.63) is 100 Å². The van der Waals surface area contributed by atoms with E-state index in [1.54, 1.807) is 73.7 Å². The van der Waals surface area contributed by atoms with Crippen molar-refractivity contribution in [2.24, 2.45) is 0 Å². The molecule has 0 fully saturated rings. The van der Waals surface area contributed by atoms with Gasteiger partial charge in [-0.15, -0.1) is 0 Å². The molecule has 0 bridgehead atoms. The number of fused-ring (bicyclic) bond motifs is 1. The molecule has 166 valence electrons. The summed E-state index contributed by atoms with van der Waals surface area (Å²) in [7, 11) is 0. The number of nitrogens with zero attached hydrogens (tertiary/aromatic N) is 2. The predicted octanol–water partition coefficient (Wildman–Crippen LogP) is 4.08. The quantitative estimate of drug-likeness (QED) is 0.489. The lowest BCUT2D eigenvalue weighted by atomic mass is 10.1. The van der Waals surface area contributed by atoms with Crippen molar-refractivity contribution in [2.45, 2.75) is 26.8 Å². The van der Waals surface area contributed by atoms with Crippen molar-refractivity contribution >= 4 is 28.4 Å². The fourth-order valence-corrected chi connectivity index (χ4v) is 3.63. The third kappa shape index (κ3) is 4.52. The van der Waals surface area contributed by atoms with E-state index in [0.717, 1.165) is 0 Å². The molecule has 0 atom stereocenters. The molecular weight excluding hydrogens is 416 g/mol. The molecule has 2 amide bonds. The zero-order chi connectivity index (χ0) is 23.5. The Hall–Kier alpha value is -4.26. The number of carbonyl (C=O) groups is 2. The molecule has 0 spiro atoms. The molecule has 33 heavy (non-hydrogen) atoms. The number of nitrogens with one attached hydrogen (secondary N) is 2. The maximum absolute atomic E-state index is 13.0. The molecule has 4 rings (SSSR count). The highest BCUT2D eigenvalue weighted by atomic mass is 16.2. The van der Waals surface area contributed by atoms with Gasteiger partial charge in [0.25, 0.3) is 17.4 Å². The first kappa shape index (κ1) is 22.0. The molecular formula is C26H24N4O3. The molecule has 4 aromatic rings. The lowest BCUT2D eigenvalue weighted by molar-refractivity contribution is 0.0944. The molecule has 2 N–H and O–H groups in total. The van der Waals surface area contributed by atoms with Crippen LogP contribution in [0, 0.1) is 6.92 Å². The van der Waals surface area contributed by atoms with Crippen LogP contribution >= 0.6 is 0 Å². The predicted molar refractivity (Wildman–Crippen MR) is 129 cm³/mol. The monoisotopic (exact) mass is 440 g/mol. The van der Waals surface area contributed by atoms with E-state index in [0.29, 0.717) is 39.2 Å². The van der Waals surface area contributed by atoms with Crippen molar-refractivity contribution < 1.29 is 9.59 Å². The van der Waals surface area contributed by atoms with Crippen molar-refractivity contribution in [1.29, 1.82) is 0 Å². The normalized spacial score (nSPS) is 10.9. The third-order valence-corrected chi connectivity index (χ3v) is 5.17. The summed E-state index contributed by atoms with van der Waals surface area (Å²) >= 11 is 0. The maximum atomic E-state index is 13.0. The van der Waals surface area contributed by atoms with Gasteiger partial charge in [-0.2, -0.15) is 0 Å². The molecule has 0 aliphatic carbocycles. The Labute approximate surface area is 191 Å². The Kier molecular flexibility index (Phi) is 6.04. The van der Waals surface area contributed by atoms with E-state index >= 15 is 0 Å². The number of hydrogen-bond acceptors (Lipinski definition) is 4. The van der Waals surface area contributed by atoms with Crippen molar-refractivity contribution in [3.63, 3.8) is 0 Å². The first-order valence-electron chi connectivity index (χ1n) is 10.6. The zero-order valence-electron chi connectivity index (χ0n) is 18.6. The van der Waals surface area contributed by atoms with Crippen LogP contribution in [0.3, 0.4) is 0 Å². The van der Waals surface area contributed by atoms with Gasteiger partial charge in [0.2, 0.25) is 0 Å². The van der Waals surface area contributed by atoms with Gasteiger partial charge in [0.05, 0.1) is 27.8 Å². The number of amides is 2. The topological polar surface area (TPSA) is 93.1 Å². The van der Waals surface area contributed by atoms with Crippen LogP contribution in [-0.4, -0.2) is 27.4 Å². The fourth-order valence-electron chi connectivity index (χ4n) is 3.63. The first-order chi connectivity index (χ1) is 15.8. The summed E-state index contributed by atoms with van der Waals surface area (Å²) in [5.41, 5.74) is 2.31. The number of rotatable bonds is 5. The number of aromatic nitrogens is 2. The van der Waals surface area contributed by atoms with E-state index in [1.165, 1.54) is 4.57 Å². The molecule has 0 saturated carbocycles. The van der Waals surface area contributed by atoms with Crippen LogP contribution in [0.25, 0.3) is 16.6 Å². The summed E-state index contributed by atoms with van der Waals surface area (Å²) in [6.07, 6.45) is 0. The van der Waals surface area contributed by atoms with Gasteiger partial charge in [-0.1, -0.05) is 24.3 Å². The summed E-state index contributed by atoms with van der Waals surface area (Å²) < 4.78 is 1.52. The third-order valence-electron chi connectivity index (χ3n) is 5.17. The van der Waals surface area contributed by atoms with Gasteiger partial charge < -0.3 is 10.6 Å². The highest BCUT2D eigenvalue weighted by Crippen LogP contribution is 2.18. The molecule has 7 heteroatoms. The van der Waals surface area contributed by atoms with Crippen molar-refractivity contribution in [3.8, 4) is 5.69 Å². The van der Waals surface area contributed by atoms with Crippen LogP contribution in [-0.2, 0) is 0 Å². The summed E-state index contributed by atoms with van der Waals surface area (Å²) in [6, 6.07) is 20.7. The Morgan fingerprint density at radius 3 is 2.27 bits per heavy atom.